The molecular weight excluding hydrogens is 320 g/mol. The van der Waals surface area contributed by atoms with Gasteiger partial charge < -0.3 is 0 Å². The Kier molecular flexibility index (Phi) is 5.61. The van der Waals surface area contributed by atoms with Gasteiger partial charge in [0.1, 0.15) is 0 Å². The van der Waals surface area contributed by atoms with E-state index in [4.69, 9.17) is 0 Å². The lowest BCUT2D eigenvalue weighted by Crippen LogP contribution is -1.82. The van der Waals surface area contributed by atoms with Gasteiger partial charge in [0, 0.05) is 23.8 Å². The minimum absolute atomic E-state index is 0.991. The van der Waals surface area contributed by atoms with Crippen molar-refractivity contribution < 1.29 is 0 Å². The lowest BCUT2D eigenvalue weighted by molar-refractivity contribution is 1.24. The Hall–Kier alpha value is -0.420. The van der Waals surface area contributed by atoms with Gasteiger partial charge in [-0.15, -0.1) is 25.3 Å². The second kappa shape index (κ2) is 7.03. The van der Waals surface area contributed by atoms with E-state index in [0.717, 1.165) is 14.0 Å². The van der Waals surface area contributed by atoms with Gasteiger partial charge in [0.15, 0.2) is 0 Å². The van der Waals surface area contributed by atoms with E-state index < -0.39 is 0 Å². The van der Waals surface area contributed by atoms with E-state index in [0.29, 0.717) is 0 Å². The van der Waals surface area contributed by atoms with E-state index in [-0.39, 0.29) is 0 Å². The largest absolute Gasteiger partial charge is 0.143 e. The molecule has 0 spiro atoms. The third kappa shape index (κ3) is 4.29. The van der Waals surface area contributed by atoms with Crippen molar-refractivity contribution in [3.63, 3.8) is 0 Å². The fraction of sp³-hybridized carbons (Fsp3) is 0.125. The van der Waals surface area contributed by atoms with Crippen molar-refractivity contribution in [3.05, 3.63) is 58.3 Å². The minimum atomic E-state index is 0.991. The van der Waals surface area contributed by atoms with Crippen LogP contribution in [0.5, 0.6) is 0 Å². The number of benzene rings is 2. The Balaban J connectivity index is 2.09. The third-order valence-corrected chi connectivity index (χ3v) is 5.63. The van der Waals surface area contributed by atoms with E-state index in [1.807, 2.05) is 12.1 Å². The average Bonchev–Trinajstić information content (AvgIpc) is 2.36. The van der Waals surface area contributed by atoms with Gasteiger partial charge in [-0.1, -0.05) is 30.1 Å². The molecule has 0 N–H and O–H groups in total. The summed E-state index contributed by atoms with van der Waals surface area (Å²) in [6, 6.07) is 12.4. The van der Waals surface area contributed by atoms with Gasteiger partial charge >= 0.3 is 0 Å². The van der Waals surface area contributed by atoms with Crippen LogP contribution in [0, 0.1) is 13.8 Å². The lowest BCUT2D eigenvalue weighted by atomic mass is 10.2. The van der Waals surface area contributed by atoms with Gasteiger partial charge in [0.2, 0.25) is 0 Å². The normalized spacial score (nSPS) is 10.6. The van der Waals surface area contributed by atoms with Crippen LogP contribution in [0.3, 0.4) is 0 Å². The van der Waals surface area contributed by atoms with E-state index in [9.17, 15) is 0 Å². The molecule has 0 bridgehead atoms. The predicted molar refractivity (Wildman–Crippen MR) is 97.7 cm³/mol. The zero-order chi connectivity index (χ0) is 14.7. The zero-order valence-electron chi connectivity index (χ0n) is 11.4. The highest BCUT2D eigenvalue weighted by atomic mass is 32.2. The van der Waals surface area contributed by atoms with Crippen LogP contribution < -0.4 is 0 Å². The molecule has 0 nitrogen and oxygen atoms in total. The molecule has 0 saturated heterocycles. The molecule has 0 aliphatic carbocycles. The van der Waals surface area contributed by atoms with E-state index in [1.165, 1.54) is 20.9 Å². The van der Waals surface area contributed by atoms with Crippen molar-refractivity contribution >= 4 is 48.8 Å². The van der Waals surface area contributed by atoms with Crippen molar-refractivity contribution in [2.75, 3.05) is 0 Å². The van der Waals surface area contributed by atoms with Gasteiger partial charge in [0.25, 0.3) is 0 Å². The summed E-state index contributed by atoms with van der Waals surface area (Å²) in [5, 5.41) is 0. The van der Waals surface area contributed by atoms with Gasteiger partial charge in [-0.05, 0) is 61.4 Å². The minimum Gasteiger partial charge on any atom is -0.143 e. The summed E-state index contributed by atoms with van der Waals surface area (Å²) in [4.78, 5) is 4.43. The number of aryl methyl sites for hydroxylation is 2. The van der Waals surface area contributed by atoms with E-state index in [1.54, 1.807) is 23.5 Å². The molecule has 0 unspecified atom stereocenters. The third-order valence-electron chi connectivity index (χ3n) is 2.76. The van der Waals surface area contributed by atoms with Crippen LogP contribution in [0.25, 0.3) is 0 Å². The molecule has 0 aliphatic rings. The Bertz CT molecular complexity index is 591. The first-order chi connectivity index (χ1) is 9.45. The standard InChI is InChI=1S/C16H16S4/c1-10-8-13(17)4-6-15(10)19-12(3)20-16-7-5-14(18)9-11(16)2/h4-9,17-18H,3H2,1-2H3. The van der Waals surface area contributed by atoms with Crippen molar-refractivity contribution in [1.29, 1.82) is 0 Å². The summed E-state index contributed by atoms with van der Waals surface area (Å²) in [7, 11) is 0. The molecule has 0 aliphatic heterocycles. The summed E-state index contributed by atoms with van der Waals surface area (Å²) >= 11 is 12.1. The molecule has 2 aromatic rings. The second-order valence-electron chi connectivity index (χ2n) is 4.48. The maximum Gasteiger partial charge on any atom is 0.0427 e. The summed E-state index contributed by atoms with van der Waals surface area (Å²) in [6.45, 7) is 8.36. The van der Waals surface area contributed by atoms with Crippen LogP contribution in [0.15, 0.2) is 66.8 Å². The molecule has 20 heavy (non-hydrogen) atoms. The summed E-state index contributed by atoms with van der Waals surface area (Å²) < 4.78 is 1.06. The van der Waals surface area contributed by atoms with Crippen molar-refractivity contribution in [1.82, 2.24) is 0 Å². The van der Waals surface area contributed by atoms with Gasteiger partial charge in [0.05, 0.1) is 0 Å². The van der Waals surface area contributed by atoms with E-state index >= 15 is 0 Å². The quantitative estimate of drug-likeness (QED) is 0.501. The monoisotopic (exact) mass is 336 g/mol. The van der Waals surface area contributed by atoms with Crippen LogP contribution in [-0.4, -0.2) is 0 Å². The average molecular weight is 337 g/mol. The first-order valence-corrected chi connectivity index (χ1v) is 8.62. The topological polar surface area (TPSA) is 0 Å². The highest BCUT2D eigenvalue weighted by Gasteiger charge is 2.06. The molecule has 0 heterocycles. The molecule has 0 radical (unpaired) electrons. The first kappa shape index (κ1) is 16.0. The molecule has 2 rings (SSSR count). The first-order valence-electron chi connectivity index (χ1n) is 6.09. The molecule has 0 atom stereocenters. The van der Waals surface area contributed by atoms with Gasteiger partial charge in [-0.3, -0.25) is 0 Å². The molecule has 0 saturated carbocycles. The molecule has 0 fully saturated rings. The van der Waals surface area contributed by atoms with Crippen molar-refractivity contribution in [3.8, 4) is 0 Å². The molecule has 0 aromatic heterocycles. The van der Waals surface area contributed by atoms with Crippen LogP contribution >= 0.6 is 48.8 Å². The number of rotatable bonds is 4. The number of thioether (sulfide) groups is 2. The SMILES string of the molecule is C=C(Sc1ccc(S)cc1C)Sc1ccc(S)cc1C. The Morgan fingerprint density at radius 3 is 1.60 bits per heavy atom. The molecule has 0 amide bonds. The molecule has 4 heteroatoms. The highest BCUT2D eigenvalue weighted by Crippen LogP contribution is 2.40. The zero-order valence-corrected chi connectivity index (χ0v) is 14.8. The number of hydrogen-bond acceptors (Lipinski definition) is 4. The summed E-state index contributed by atoms with van der Waals surface area (Å²) in [5.74, 6) is 0. The fourth-order valence-electron chi connectivity index (χ4n) is 1.76. The van der Waals surface area contributed by atoms with Crippen LogP contribution in [-0.2, 0) is 0 Å². The summed E-state index contributed by atoms with van der Waals surface area (Å²) in [5.41, 5.74) is 2.46. The van der Waals surface area contributed by atoms with E-state index in [2.05, 4.69) is 69.9 Å². The second-order valence-corrected chi connectivity index (χ2v) is 8.04. The number of hydrogen-bond donors (Lipinski definition) is 2. The Labute approximate surface area is 140 Å². The van der Waals surface area contributed by atoms with Crippen molar-refractivity contribution in [2.45, 2.75) is 33.4 Å². The van der Waals surface area contributed by atoms with Gasteiger partial charge in [-0.25, -0.2) is 0 Å². The Morgan fingerprint density at radius 2 is 1.25 bits per heavy atom. The Morgan fingerprint density at radius 1 is 0.850 bits per heavy atom. The molecular formula is C16H16S4. The van der Waals surface area contributed by atoms with Crippen LogP contribution in [0.2, 0.25) is 0 Å². The van der Waals surface area contributed by atoms with Crippen molar-refractivity contribution in [2.24, 2.45) is 0 Å². The van der Waals surface area contributed by atoms with Crippen LogP contribution in [0.4, 0.5) is 0 Å². The molecule has 104 valence electrons. The van der Waals surface area contributed by atoms with Gasteiger partial charge in [-0.2, -0.15) is 0 Å². The molecule has 2 aromatic carbocycles. The number of thiol groups is 2. The van der Waals surface area contributed by atoms with Crippen LogP contribution in [0.1, 0.15) is 11.1 Å². The predicted octanol–water partition coefficient (Wildman–Crippen LogP) is 6.24. The fourth-order valence-corrected chi connectivity index (χ4v) is 4.21. The maximum absolute atomic E-state index is 4.35. The highest BCUT2D eigenvalue weighted by molar-refractivity contribution is 8.22. The lowest BCUT2D eigenvalue weighted by Gasteiger charge is -2.10. The smallest absolute Gasteiger partial charge is 0.0427 e. The maximum atomic E-state index is 4.35. The summed E-state index contributed by atoms with van der Waals surface area (Å²) in [6.07, 6.45) is 0.